The zero-order valence-electron chi connectivity index (χ0n) is 16.4. The fraction of sp³-hybridized carbons (Fsp3) is 0.217. The molecule has 1 N–H and O–H groups in total. The minimum absolute atomic E-state index is 0.0845. The fourth-order valence-corrected chi connectivity index (χ4v) is 2.80. The smallest absolute Gasteiger partial charge is 0.272 e. The van der Waals surface area contributed by atoms with Crippen molar-refractivity contribution in [2.45, 2.75) is 26.5 Å². The van der Waals surface area contributed by atoms with Crippen LogP contribution in [0.2, 0.25) is 0 Å². The highest BCUT2D eigenvalue weighted by Gasteiger charge is 2.14. The van der Waals surface area contributed by atoms with Crippen LogP contribution in [-0.2, 0) is 6.54 Å². The fourth-order valence-electron chi connectivity index (χ4n) is 2.80. The van der Waals surface area contributed by atoms with E-state index in [1.807, 2.05) is 74.5 Å². The number of anilines is 2. The average Bonchev–Trinajstić information content (AvgIpc) is 2.70. The summed E-state index contributed by atoms with van der Waals surface area (Å²) in [6.45, 7) is 4.52. The maximum atomic E-state index is 12.6. The van der Waals surface area contributed by atoms with E-state index in [0.717, 1.165) is 22.7 Å². The molecule has 0 bridgehead atoms. The Morgan fingerprint density at radius 2 is 1.75 bits per heavy atom. The van der Waals surface area contributed by atoms with Crippen molar-refractivity contribution in [3.63, 3.8) is 0 Å². The molecule has 0 aliphatic carbocycles. The Hall–Kier alpha value is -3.34. The van der Waals surface area contributed by atoms with Gasteiger partial charge in [0.15, 0.2) is 0 Å². The van der Waals surface area contributed by atoms with Gasteiger partial charge in [-0.15, -0.1) is 0 Å². The van der Waals surface area contributed by atoms with E-state index >= 15 is 0 Å². The highest BCUT2D eigenvalue weighted by molar-refractivity contribution is 5.92. The Bertz CT molecular complexity index is 909. The highest BCUT2D eigenvalue weighted by atomic mass is 16.5. The lowest BCUT2D eigenvalue weighted by atomic mass is 10.2. The summed E-state index contributed by atoms with van der Waals surface area (Å²) in [4.78, 5) is 18.6. The zero-order valence-corrected chi connectivity index (χ0v) is 16.4. The maximum Gasteiger partial charge on any atom is 0.272 e. The third-order valence-electron chi connectivity index (χ3n) is 4.12. The predicted molar refractivity (Wildman–Crippen MR) is 112 cm³/mol. The second kappa shape index (κ2) is 9.04. The topological polar surface area (TPSA) is 54.5 Å². The van der Waals surface area contributed by atoms with Gasteiger partial charge in [0, 0.05) is 13.6 Å². The quantitative estimate of drug-likeness (QED) is 0.639. The number of benzene rings is 2. The molecule has 0 radical (unpaired) electrons. The van der Waals surface area contributed by atoms with Gasteiger partial charge in [0.1, 0.15) is 11.4 Å². The number of carbonyl (C=O) groups excluding carboxylic acids is 1. The Morgan fingerprint density at radius 1 is 1.04 bits per heavy atom. The summed E-state index contributed by atoms with van der Waals surface area (Å²) in [6, 6.07) is 21.2. The van der Waals surface area contributed by atoms with Crippen molar-refractivity contribution in [1.82, 2.24) is 9.88 Å². The summed E-state index contributed by atoms with van der Waals surface area (Å²) in [5, 5.41) is 3.30. The van der Waals surface area contributed by atoms with Crippen LogP contribution in [-0.4, -0.2) is 28.9 Å². The average molecular weight is 375 g/mol. The molecular formula is C23H25N3O2. The van der Waals surface area contributed by atoms with Crippen molar-refractivity contribution >= 4 is 17.3 Å². The van der Waals surface area contributed by atoms with Crippen LogP contribution in [0.3, 0.4) is 0 Å². The summed E-state index contributed by atoms with van der Waals surface area (Å²) in [5.41, 5.74) is 3.15. The predicted octanol–water partition coefficient (Wildman–Crippen LogP) is 4.88. The van der Waals surface area contributed by atoms with Gasteiger partial charge in [-0.2, -0.15) is 0 Å². The van der Waals surface area contributed by atoms with E-state index in [4.69, 9.17) is 4.74 Å². The van der Waals surface area contributed by atoms with Crippen molar-refractivity contribution in [2.75, 3.05) is 12.4 Å². The van der Waals surface area contributed by atoms with Gasteiger partial charge in [-0.3, -0.25) is 4.79 Å². The van der Waals surface area contributed by atoms with Gasteiger partial charge in [-0.05, 0) is 43.7 Å². The van der Waals surface area contributed by atoms with E-state index in [0.29, 0.717) is 12.2 Å². The van der Waals surface area contributed by atoms with Crippen LogP contribution >= 0.6 is 0 Å². The van der Waals surface area contributed by atoms with E-state index in [1.165, 1.54) is 0 Å². The number of rotatable bonds is 7. The van der Waals surface area contributed by atoms with Gasteiger partial charge in [0.2, 0.25) is 0 Å². The van der Waals surface area contributed by atoms with E-state index in [-0.39, 0.29) is 12.0 Å². The van der Waals surface area contributed by atoms with E-state index in [9.17, 15) is 4.79 Å². The molecule has 0 aliphatic heterocycles. The van der Waals surface area contributed by atoms with Crippen LogP contribution < -0.4 is 10.1 Å². The Balaban J connectivity index is 1.67. The lowest BCUT2D eigenvalue weighted by Crippen LogP contribution is -2.26. The molecule has 3 rings (SSSR count). The van der Waals surface area contributed by atoms with Gasteiger partial charge >= 0.3 is 0 Å². The van der Waals surface area contributed by atoms with Gasteiger partial charge < -0.3 is 15.0 Å². The molecule has 144 valence electrons. The van der Waals surface area contributed by atoms with Gasteiger partial charge in [0.05, 0.1) is 23.7 Å². The molecule has 3 aromatic rings. The summed E-state index contributed by atoms with van der Waals surface area (Å²) in [6.07, 6.45) is 1.75. The van der Waals surface area contributed by atoms with E-state index in [1.54, 1.807) is 24.2 Å². The van der Waals surface area contributed by atoms with Gasteiger partial charge in [0.25, 0.3) is 5.91 Å². The van der Waals surface area contributed by atoms with Crippen LogP contribution in [0.15, 0.2) is 72.9 Å². The van der Waals surface area contributed by atoms with E-state index in [2.05, 4.69) is 10.3 Å². The summed E-state index contributed by atoms with van der Waals surface area (Å²) < 4.78 is 5.82. The molecule has 2 aromatic carbocycles. The molecule has 1 aromatic heterocycles. The molecule has 28 heavy (non-hydrogen) atoms. The number of pyridine rings is 1. The number of nitrogens with one attached hydrogen (secondary N) is 1. The van der Waals surface area contributed by atoms with E-state index < -0.39 is 0 Å². The molecule has 0 fully saturated rings. The standard InChI is InChI=1S/C23H25N3O2/c1-17(2)28-22-12-8-7-11-20(22)25-19-13-14-21(24-15-19)23(27)26(3)16-18-9-5-4-6-10-18/h4-15,17,25H,16H2,1-3H3. The van der Waals surface area contributed by atoms with Gasteiger partial charge in [-0.25, -0.2) is 4.98 Å². The number of hydrogen-bond acceptors (Lipinski definition) is 4. The van der Waals surface area contributed by atoms with Crippen LogP contribution in [0.25, 0.3) is 0 Å². The third kappa shape index (κ3) is 5.10. The molecule has 1 heterocycles. The van der Waals surface area contributed by atoms with Crippen LogP contribution in [0, 0.1) is 0 Å². The van der Waals surface area contributed by atoms with Crippen LogP contribution in [0.4, 0.5) is 11.4 Å². The number of carbonyl (C=O) groups is 1. The first-order valence-electron chi connectivity index (χ1n) is 9.31. The first-order chi connectivity index (χ1) is 13.5. The summed E-state index contributed by atoms with van der Waals surface area (Å²) >= 11 is 0. The molecule has 0 unspecified atom stereocenters. The minimum atomic E-state index is -0.112. The Labute approximate surface area is 166 Å². The molecule has 0 saturated carbocycles. The SMILES string of the molecule is CC(C)Oc1ccccc1Nc1ccc(C(=O)N(C)Cc2ccccc2)nc1. The normalized spacial score (nSPS) is 10.6. The van der Waals surface area contributed by atoms with Gasteiger partial charge in [-0.1, -0.05) is 42.5 Å². The molecule has 0 aliphatic rings. The number of nitrogens with zero attached hydrogens (tertiary/aromatic N) is 2. The largest absolute Gasteiger partial charge is 0.489 e. The number of aromatic nitrogens is 1. The Kier molecular flexibility index (Phi) is 6.27. The maximum absolute atomic E-state index is 12.6. The van der Waals surface area contributed by atoms with Crippen LogP contribution in [0.1, 0.15) is 29.9 Å². The minimum Gasteiger partial charge on any atom is -0.489 e. The Morgan fingerprint density at radius 3 is 2.43 bits per heavy atom. The molecule has 5 nitrogen and oxygen atoms in total. The summed E-state index contributed by atoms with van der Waals surface area (Å²) in [5.74, 6) is 0.666. The number of amides is 1. The first-order valence-corrected chi connectivity index (χ1v) is 9.31. The first kappa shape index (κ1) is 19.4. The zero-order chi connectivity index (χ0) is 19.9. The second-order valence-electron chi connectivity index (χ2n) is 6.87. The number of hydrogen-bond donors (Lipinski definition) is 1. The molecule has 1 amide bonds. The molecule has 5 heteroatoms. The van der Waals surface area contributed by atoms with Crippen molar-refractivity contribution in [3.05, 3.63) is 84.2 Å². The summed E-state index contributed by atoms with van der Waals surface area (Å²) in [7, 11) is 1.78. The highest BCUT2D eigenvalue weighted by Crippen LogP contribution is 2.28. The molecule has 0 atom stereocenters. The van der Waals surface area contributed by atoms with Crippen molar-refractivity contribution in [3.8, 4) is 5.75 Å². The third-order valence-corrected chi connectivity index (χ3v) is 4.12. The second-order valence-corrected chi connectivity index (χ2v) is 6.87. The lowest BCUT2D eigenvalue weighted by Gasteiger charge is -2.17. The number of ether oxygens (including phenoxy) is 1. The number of para-hydroxylation sites is 2. The van der Waals surface area contributed by atoms with Crippen molar-refractivity contribution < 1.29 is 9.53 Å². The lowest BCUT2D eigenvalue weighted by molar-refractivity contribution is 0.0779. The molecule has 0 saturated heterocycles. The molecule has 0 spiro atoms. The van der Waals surface area contributed by atoms with Crippen molar-refractivity contribution in [2.24, 2.45) is 0 Å². The van der Waals surface area contributed by atoms with Crippen LogP contribution in [0.5, 0.6) is 5.75 Å². The molecular weight excluding hydrogens is 350 g/mol. The van der Waals surface area contributed by atoms with Crippen molar-refractivity contribution in [1.29, 1.82) is 0 Å². The monoisotopic (exact) mass is 375 g/mol.